The molecule has 48 heavy (non-hydrogen) atoms. The number of hydrogen-bond acceptors (Lipinski definition) is 3. The summed E-state index contributed by atoms with van der Waals surface area (Å²) < 4.78 is 0. The number of aromatic nitrogens is 3. The van der Waals surface area contributed by atoms with E-state index in [1.54, 1.807) is 6.33 Å². The molecule has 0 aliphatic heterocycles. The monoisotopic (exact) mass is 613 g/mol. The zero-order valence-electron chi connectivity index (χ0n) is 26.3. The third kappa shape index (κ3) is 5.06. The predicted molar refractivity (Wildman–Crippen MR) is 200 cm³/mol. The van der Waals surface area contributed by atoms with Gasteiger partial charge in [0, 0.05) is 11.1 Å². The summed E-state index contributed by atoms with van der Waals surface area (Å²) in [6.45, 7) is 0. The van der Waals surface area contributed by atoms with Crippen molar-refractivity contribution in [3.8, 4) is 45.0 Å². The summed E-state index contributed by atoms with van der Waals surface area (Å²) in [6, 6.07) is 50.1. The van der Waals surface area contributed by atoms with Gasteiger partial charge in [0.1, 0.15) is 6.33 Å². The first-order valence-electron chi connectivity index (χ1n) is 16.5. The molecule has 1 heterocycles. The van der Waals surface area contributed by atoms with E-state index in [1.807, 2.05) is 0 Å². The molecule has 0 saturated heterocycles. The molecule has 9 rings (SSSR count). The average molecular weight is 614 g/mol. The Hall–Kier alpha value is -6.19. The lowest BCUT2D eigenvalue weighted by Gasteiger charge is -2.13. The van der Waals surface area contributed by atoms with Crippen molar-refractivity contribution in [3.63, 3.8) is 0 Å². The lowest BCUT2D eigenvalue weighted by atomic mass is 9.91. The van der Waals surface area contributed by atoms with Gasteiger partial charge >= 0.3 is 0 Å². The van der Waals surface area contributed by atoms with Crippen LogP contribution in [-0.4, -0.2) is 15.0 Å². The Kier molecular flexibility index (Phi) is 6.94. The molecule has 1 aromatic heterocycles. The van der Waals surface area contributed by atoms with E-state index in [-0.39, 0.29) is 0 Å². The summed E-state index contributed by atoms with van der Waals surface area (Å²) in [5.41, 5.74) is 9.01. The molecule has 0 bridgehead atoms. The number of hydrogen-bond donors (Lipinski definition) is 0. The molecule has 0 radical (unpaired) electrons. The van der Waals surface area contributed by atoms with E-state index in [1.165, 1.54) is 54.6 Å². The van der Waals surface area contributed by atoms with Gasteiger partial charge in [0.05, 0.1) is 0 Å². The van der Waals surface area contributed by atoms with Gasteiger partial charge in [-0.05, 0) is 103 Å². The quantitative estimate of drug-likeness (QED) is 0.181. The Morgan fingerprint density at radius 2 is 0.854 bits per heavy atom. The molecular weight excluding hydrogens is 583 g/mol. The summed E-state index contributed by atoms with van der Waals surface area (Å²) in [7, 11) is 0. The van der Waals surface area contributed by atoms with Gasteiger partial charge in [0.15, 0.2) is 11.6 Å². The van der Waals surface area contributed by atoms with Crippen LogP contribution in [0.15, 0.2) is 164 Å². The van der Waals surface area contributed by atoms with Crippen molar-refractivity contribution in [2.24, 2.45) is 0 Å². The number of allylic oxidation sites excluding steroid dienone is 4. The van der Waals surface area contributed by atoms with Crippen LogP contribution in [0.25, 0.3) is 82.9 Å². The van der Waals surface area contributed by atoms with Crippen molar-refractivity contribution >= 4 is 37.9 Å². The molecule has 0 N–H and O–H groups in total. The molecule has 0 unspecified atom stereocenters. The Labute approximate surface area is 279 Å². The summed E-state index contributed by atoms with van der Waals surface area (Å²) in [6.07, 6.45) is 10.5. The molecule has 0 amide bonds. The largest absolute Gasteiger partial charge is 0.217 e. The van der Waals surface area contributed by atoms with Gasteiger partial charge in [-0.15, -0.1) is 0 Å². The van der Waals surface area contributed by atoms with E-state index in [9.17, 15) is 0 Å². The number of nitrogens with zero attached hydrogens (tertiary/aromatic N) is 3. The summed E-state index contributed by atoms with van der Waals surface area (Å²) >= 11 is 0. The lowest BCUT2D eigenvalue weighted by molar-refractivity contribution is 1.04. The van der Waals surface area contributed by atoms with Crippen molar-refractivity contribution in [1.82, 2.24) is 15.0 Å². The summed E-state index contributed by atoms with van der Waals surface area (Å²) in [4.78, 5) is 14.0. The smallest absolute Gasteiger partial charge is 0.163 e. The zero-order chi connectivity index (χ0) is 31.9. The second-order valence-corrected chi connectivity index (χ2v) is 12.4. The standard InChI is InChI=1S/C45H31N3/c1-2-11-30(12-3-1)31-13-9-17-36(26-31)44-46-29-47-45(48-44)37-18-10-16-34(27-37)32-14-8-15-33(25-32)35-23-24-42-40-21-5-4-19-38(40)39-20-6-7-22-41(39)43(42)28-35/h2,4-29H,1,3H2. The fourth-order valence-corrected chi connectivity index (χ4v) is 7.04. The molecule has 3 heteroatoms. The van der Waals surface area contributed by atoms with Gasteiger partial charge in [-0.25, -0.2) is 15.0 Å². The minimum atomic E-state index is 0.661. The van der Waals surface area contributed by atoms with E-state index in [0.717, 1.165) is 35.1 Å². The first-order valence-corrected chi connectivity index (χ1v) is 16.5. The number of fused-ring (bicyclic) bond motifs is 6. The molecule has 0 atom stereocenters. The molecule has 0 saturated carbocycles. The van der Waals surface area contributed by atoms with Crippen molar-refractivity contribution in [2.45, 2.75) is 12.8 Å². The van der Waals surface area contributed by atoms with Crippen LogP contribution in [0.4, 0.5) is 0 Å². The van der Waals surface area contributed by atoms with Crippen molar-refractivity contribution in [3.05, 3.63) is 170 Å². The maximum Gasteiger partial charge on any atom is 0.163 e. The van der Waals surface area contributed by atoms with Crippen LogP contribution in [0.5, 0.6) is 0 Å². The Balaban J connectivity index is 1.07. The van der Waals surface area contributed by atoms with Crippen LogP contribution in [0.3, 0.4) is 0 Å². The molecule has 0 spiro atoms. The molecule has 3 nitrogen and oxygen atoms in total. The first-order chi connectivity index (χ1) is 23.8. The maximum absolute atomic E-state index is 4.92. The van der Waals surface area contributed by atoms with Crippen LogP contribution < -0.4 is 0 Å². The van der Waals surface area contributed by atoms with Gasteiger partial charge in [0.2, 0.25) is 0 Å². The second kappa shape index (κ2) is 11.9. The van der Waals surface area contributed by atoms with E-state index in [0.29, 0.717) is 11.6 Å². The van der Waals surface area contributed by atoms with Crippen molar-refractivity contribution < 1.29 is 0 Å². The van der Waals surface area contributed by atoms with Gasteiger partial charge in [-0.3, -0.25) is 0 Å². The highest BCUT2D eigenvalue weighted by Crippen LogP contribution is 2.38. The Bertz CT molecular complexity index is 2540. The van der Waals surface area contributed by atoms with Crippen LogP contribution in [0, 0.1) is 0 Å². The SMILES string of the molecule is C1=CC(c2cccc(-c3ncnc(-c4cccc(-c5cccc(-c6ccc7c8ccccc8c8ccccc8c7c6)c5)c4)n3)c2)=CCC1. The van der Waals surface area contributed by atoms with Crippen LogP contribution >= 0.6 is 0 Å². The molecule has 226 valence electrons. The van der Waals surface area contributed by atoms with E-state index in [2.05, 4.69) is 168 Å². The highest BCUT2D eigenvalue weighted by Gasteiger charge is 2.12. The normalized spacial score (nSPS) is 12.9. The van der Waals surface area contributed by atoms with Gasteiger partial charge in [-0.2, -0.15) is 0 Å². The predicted octanol–water partition coefficient (Wildman–Crippen LogP) is 11.7. The highest BCUT2D eigenvalue weighted by molar-refractivity contribution is 6.25. The van der Waals surface area contributed by atoms with Gasteiger partial charge < -0.3 is 0 Å². The number of rotatable bonds is 5. The average Bonchev–Trinajstić information content (AvgIpc) is 3.18. The van der Waals surface area contributed by atoms with Crippen molar-refractivity contribution in [2.75, 3.05) is 0 Å². The minimum absolute atomic E-state index is 0.661. The first kappa shape index (κ1) is 28.1. The van der Waals surface area contributed by atoms with Crippen LogP contribution in [0.1, 0.15) is 18.4 Å². The van der Waals surface area contributed by atoms with Gasteiger partial charge in [0.25, 0.3) is 0 Å². The highest BCUT2D eigenvalue weighted by atomic mass is 15.0. The Morgan fingerprint density at radius 3 is 1.44 bits per heavy atom. The van der Waals surface area contributed by atoms with Crippen LogP contribution in [0.2, 0.25) is 0 Å². The molecule has 0 fully saturated rings. The fourth-order valence-electron chi connectivity index (χ4n) is 7.04. The molecule has 1 aliphatic rings. The second-order valence-electron chi connectivity index (χ2n) is 12.4. The summed E-state index contributed by atoms with van der Waals surface area (Å²) in [5, 5.41) is 7.71. The third-order valence-corrected chi connectivity index (χ3v) is 9.42. The lowest BCUT2D eigenvalue weighted by Crippen LogP contribution is -1.96. The third-order valence-electron chi connectivity index (χ3n) is 9.42. The van der Waals surface area contributed by atoms with Crippen LogP contribution in [-0.2, 0) is 0 Å². The fraction of sp³-hybridized carbons (Fsp3) is 0.0444. The Morgan fingerprint density at radius 1 is 0.375 bits per heavy atom. The summed E-state index contributed by atoms with van der Waals surface area (Å²) in [5.74, 6) is 1.33. The molecule has 7 aromatic carbocycles. The molecule has 8 aromatic rings. The number of benzene rings is 7. The van der Waals surface area contributed by atoms with Gasteiger partial charge in [-0.1, -0.05) is 133 Å². The van der Waals surface area contributed by atoms with Crippen molar-refractivity contribution in [1.29, 1.82) is 0 Å². The topological polar surface area (TPSA) is 38.7 Å². The molecule has 1 aliphatic carbocycles. The molecular formula is C45H31N3. The zero-order valence-corrected chi connectivity index (χ0v) is 26.3. The van der Waals surface area contributed by atoms with E-state index >= 15 is 0 Å². The van der Waals surface area contributed by atoms with E-state index in [4.69, 9.17) is 4.98 Å². The minimum Gasteiger partial charge on any atom is -0.217 e. The maximum atomic E-state index is 4.92. The van der Waals surface area contributed by atoms with E-state index < -0.39 is 0 Å².